The molecule has 0 bridgehead atoms. The molecule has 1 aromatic carbocycles. The largest absolute Gasteiger partial charge is 0.382 e. The Morgan fingerprint density at radius 2 is 2.22 bits per heavy atom. The van der Waals surface area contributed by atoms with Gasteiger partial charge < -0.3 is 10.2 Å². The lowest BCUT2D eigenvalue weighted by molar-refractivity contribution is 0.188. The molecule has 2 atom stereocenters. The van der Waals surface area contributed by atoms with Gasteiger partial charge in [-0.2, -0.15) is 0 Å². The van der Waals surface area contributed by atoms with Crippen LogP contribution in [-0.2, 0) is 6.42 Å². The van der Waals surface area contributed by atoms with Gasteiger partial charge in [0, 0.05) is 24.3 Å². The molecular formula is C16H24N2. The number of nitrogens with one attached hydrogen (secondary N) is 1. The summed E-state index contributed by atoms with van der Waals surface area (Å²) in [5, 5.41) is 3.74. The van der Waals surface area contributed by atoms with E-state index in [2.05, 4.69) is 41.4 Å². The molecule has 0 saturated carbocycles. The molecule has 0 amide bonds. The number of hydrogen-bond acceptors (Lipinski definition) is 2. The van der Waals surface area contributed by atoms with Crippen molar-refractivity contribution in [3.05, 3.63) is 29.8 Å². The summed E-state index contributed by atoms with van der Waals surface area (Å²) < 4.78 is 0. The smallest absolute Gasteiger partial charge is 0.0345 e. The molecule has 98 valence electrons. The highest BCUT2D eigenvalue weighted by molar-refractivity contribution is 5.46. The first-order valence-electron chi connectivity index (χ1n) is 7.44. The molecule has 2 heterocycles. The average molecular weight is 244 g/mol. The number of fused-ring (bicyclic) bond motifs is 1. The third kappa shape index (κ3) is 2.54. The molecular weight excluding hydrogens is 220 g/mol. The van der Waals surface area contributed by atoms with Crippen LogP contribution in [0.2, 0.25) is 0 Å². The molecule has 2 fully saturated rings. The third-order valence-electron chi connectivity index (χ3n) is 4.53. The summed E-state index contributed by atoms with van der Waals surface area (Å²) in [6.07, 6.45) is 6.57. The molecule has 1 N–H and O–H groups in total. The number of hydrogen-bond donors (Lipinski definition) is 1. The van der Waals surface area contributed by atoms with Crippen molar-refractivity contribution in [3.63, 3.8) is 0 Å². The first kappa shape index (κ1) is 12.0. The second-order valence-electron chi connectivity index (χ2n) is 5.75. The first-order valence-corrected chi connectivity index (χ1v) is 7.44. The van der Waals surface area contributed by atoms with Crippen molar-refractivity contribution in [3.8, 4) is 0 Å². The summed E-state index contributed by atoms with van der Waals surface area (Å²) in [6.45, 7) is 4.84. The third-order valence-corrected chi connectivity index (χ3v) is 4.53. The predicted octanol–water partition coefficient (Wildman–Crippen LogP) is 3.29. The van der Waals surface area contributed by atoms with E-state index in [1.807, 2.05) is 0 Å². The Labute approximate surface area is 110 Å². The summed E-state index contributed by atoms with van der Waals surface area (Å²) in [5.74, 6) is 0. The van der Waals surface area contributed by atoms with Gasteiger partial charge in [0.15, 0.2) is 0 Å². The summed E-state index contributed by atoms with van der Waals surface area (Å²) in [4.78, 5) is 2.68. The molecule has 0 spiro atoms. The number of piperidine rings is 1. The monoisotopic (exact) mass is 244 g/mol. The van der Waals surface area contributed by atoms with Crippen LogP contribution in [0.5, 0.6) is 0 Å². The van der Waals surface area contributed by atoms with Crippen LogP contribution < -0.4 is 5.32 Å². The fraction of sp³-hybridized carbons (Fsp3) is 0.625. The van der Waals surface area contributed by atoms with Crippen molar-refractivity contribution in [2.45, 2.75) is 51.1 Å². The highest BCUT2D eigenvalue weighted by atomic mass is 15.2. The molecule has 2 aliphatic heterocycles. The Kier molecular flexibility index (Phi) is 3.55. The Balaban J connectivity index is 1.62. The zero-order valence-corrected chi connectivity index (χ0v) is 11.4. The average Bonchev–Trinajstić information content (AvgIpc) is 2.86. The van der Waals surface area contributed by atoms with E-state index in [0.29, 0.717) is 6.04 Å². The second-order valence-corrected chi connectivity index (χ2v) is 5.75. The van der Waals surface area contributed by atoms with Crippen molar-refractivity contribution in [2.75, 3.05) is 18.4 Å². The van der Waals surface area contributed by atoms with E-state index in [1.165, 1.54) is 50.0 Å². The van der Waals surface area contributed by atoms with E-state index in [-0.39, 0.29) is 0 Å². The molecule has 2 heteroatoms. The highest BCUT2D eigenvalue weighted by Gasteiger charge is 2.31. The maximum Gasteiger partial charge on any atom is 0.0345 e. The number of benzene rings is 1. The lowest BCUT2D eigenvalue weighted by Crippen LogP contribution is -2.42. The Hall–Kier alpha value is -1.02. The molecule has 0 aromatic heterocycles. The van der Waals surface area contributed by atoms with Gasteiger partial charge in [0.25, 0.3) is 0 Å². The van der Waals surface area contributed by atoms with Gasteiger partial charge in [0.05, 0.1) is 0 Å². The van der Waals surface area contributed by atoms with Crippen LogP contribution in [0.15, 0.2) is 24.3 Å². The van der Waals surface area contributed by atoms with Gasteiger partial charge in [0.1, 0.15) is 0 Å². The van der Waals surface area contributed by atoms with E-state index >= 15 is 0 Å². The molecule has 0 aliphatic carbocycles. The maximum absolute atomic E-state index is 3.74. The zero-order chi connectivity index (χ0) is 12.4. The summed E-state index contributed by atoms with van der Waals surface area (Å²) in [6, 6.07) is 10.4. The minimum atomic E-state index is 0.677. The van der Waals surface area contributed by atoms with Gasteiger partial charge in [0.2, 0.25) is 0 Å². The normalized spacial score (nSPS) is 28.1. The highest BCUT2D eigenvalue weighted by Crippen LogP contribution is 2.28. The topological polar surface area (TPSA) is 15.3 Å². The standard InChI is InChI=1S/C16H24N2/c1-2-13-5-3-6-14(11-13)17-15-8-10-18-9-4-7-16(18)12-15/h3,5-6,11,15-17H,2,4,7-10,12H2,1H3. The van der Waals surface area contributed by atoms with Gasteiger partial charge >= 0.3 is 0 Å². The van der Waals surface area contributed by atoms with E-state index < -0.39 is 0 Å². The summed E-state index contributed by atoms with van der Waals surface area (Å²) in [7, 11) is 0. The molecule has 3 rings (SSSR count). The van der Waals surface area contributed by atoms with Crippen LogP contribution in [-0.4, -0.2) is 30.1 Å². The van der Waals surface area contributed by atoms with Gasteiger partial charge in [-0.25, -0.2) is 0 Å². The van der Waals surface area contributed by atoms with Gasteiger partial charge in [-0.3, -0.25) is 0 Å². The SMILES string of the molecule is CCc1cccc(NC2CCN3CCCC3C2)c1. The van der Waals surface area contributed by atoms with E-state index in [0.717, 1.165) is 12.5 Å². The molecule has 0 radical (unpaired) electrons. The lowest BCUT2D eigenvalue weighted by atomic mass is 9.97. The number of anilines is 1. The maximum atomic E-state index is 3.74. The van der Waals surface area contributed by atoms with E-state index in [4.69, 9.17) is 0 Å². The zero-order valence-electron chi connectivity index (χ0n) is 11.4. The second kappa shape index (κ2) is 5.31. The number of aryl methyl sites for hydroxylation is 1. The van der Waals surface area contributed by atoms with Crippen LogP contribution in [0.4, 0.5) is 5.69 Å². The van der Waals surface area contributed by atoms with E-state index in [9.17, 15) is 0 Å². The van der Waals surface area contributed by atoms with Crippen LogP contribution in [0, 0.1) is 0 Å². The van der Waals surface area contributed by atoms with Crippen molar-refractivity contribution < 1.29 is 0 Å². The Morgan fingerprint density at radius 1 is 1.28 bits per heavy atom. The van der Waals surface area contributed by atoms with Gasteiger partial charge in [-0.05, 0) is 56.3 Å². The van der Waals surface area contributed by atoms with E-state index in [1.54, 1.807) is 0 Å². The summed E-state index contributed by atoms with van der Waals surface area (Å²) in [5.41, 5.74) is 2.74. The minimum absolute atomic E-state index is 0.677. The molecule has 2 unspecified atom stereocenters. The lowest BCUT2D eigenvalue weighted by Gasteiger charge is -2.35. The first-order chi connectivity index (χ1) is 8.85. The Bertz CT molecular complexity index is 402. The fourth-order valence-electron chi connectivity index (χ4n) is 3.47. The van der Waals surface area contributed by atoms with Gasteiger partial charge in [-0.15, -0.1) is 0 Å². The predicted molar refractivity (Wildman–Crippen MR) is 77.1 cm³/mol. The Morgan fingerprint density at radius 3 is 3.11 bits per heavy atom. The van der Waals surface area contributed by atoms with Crippen molar-refractivity contribution in [1.29, 1.82) is 0 Å². The van der Waals surface area contributed by atoms with Crippen molar-refractivity contribution in [2.24, 2.45) is 0 Å². The van der Waals surface area contributed by atoms with Crippen LogP contribution in [0.25, 0.3) is 0 Å². The van der Waals surface area contributed by atoms with Crippen molar-refractivity contribution in [1.82, 2.24) is 4.90 Å². The number of nitrogens with zero attached hydrogens (tertiary/aromatic N) is 1. The van der Waals surface area contributed by atoms with Gasteiger partial charge in [-0.1, -0.05) is 19.1 Å². The van der Waals surface area contributed by atoms with Crippen LogP contribution in [0.3, 0.4) is 0 Å². The number of rotatable bonds is 3. The minimum Gasteiger partial charge on any atom is -0.382 e. The summed E-state index contributed by atoms with van der Waals surface area (Å²) >= 11 is 0. The fourth-order valence-corrected chi connectivity index (χ4v) is 3.47. The quantitative estimate of drug-likeness (QED) is 0.877. The van der Waals surface area contributed by atoms with Crippen LogP contribution in [0.1, 0.15) is 38.2 Å². The molecule has 18 heavy (non-hydrogen) atoms. The van der Waals surface area contributed by atoms with Crippen molar-refractivity contribution >= 4 is 5.69 Å². The molecule has 2 aliphatic rings. The molecule has 2 nitrogen and oxygen atoms in total. The van der Waals surface area contributed by atoms with Crippen LogP contribution >= 0.6 is 0 Å². The molecule has 1 aromatic rings. The molecule has 2 saturated heterocycles.